The molecule has 0 atom stereocenters. The minimum Gasteiger partial charge on any atom is -0.506 e. The van der Waals surface area contributed by atoms with Gasteiger partial charge in [-0.05, 0) is 35.4 Å². The predicted octanol–water partition coefficient (Wildman–Crippen LogP) is 3.73. The van der Waals surface area contributed by atoms with Crippen molar-refractivity contribution in [2.24, 2.45) is 0 Å². The van der Waals surface area contributed by atoms with Crippen molar-refractivity contribution in [3.05, 3.63) is 59.3 Å². The highest BCUT2D eigenvalue weighted by Crippen LogP contribution is 2.57. The van der Waals surface area contributed by atoms with Crippen molar-refractivity contribution in [3.8, 4) is 11.5 Å². The van der Waals surface area contributed by atoms with Crippen LogP contribution in [0.3, 0.4) is 0 Å². The summed E-state index contributed by atoms with van der Waals surface area (Å²) in [4.78, 5) is 23.4. The number of alkyl halides is 6. The Morgan fingerprint density at radius 2 is 1.40 bits per heavy atom. The molecule has 2 aromatic rings. The van der Waals surface area contributed by atoms with Gasteiger partial charge in [0.05, 0.1) is 31.7 Å². The molecule has 0 saturated carbocycles. The van der Waals surface area contributed by atoms with Gasteiger partial charge >= 0.3 is 24.3 Å². The molecule has 0 heterocycles. The Morgan fingerprint density at radius 3 is 1.86 bits per heavy atom. The van der Waals surface area contributed by atoms with Crippen molar-refractivity contribution < 1.29 is 55.6 Å². The molecular formula is C21H18F6N2O6. The summed E-state index contributed by atoms with van der Waals surface area (Å²) in [5, 5.41) is 21.7. The molecule has 0 saturated heterocycles. The first-order valence-corrected chi connectivity index (χ1v) is 9.31. The zero-order chi connectivity index (χ0) is 26.8. The number of phenols is 2. The lowest BCUT2D eigenvalue weighted by atomic mass is 9.72. The van der Waals surface area contributed by atoms with Gasteiger partial charge in [0, 0.05) is 0 Å². The van der Waals surface area contributed by atoms with Gasteiger partial charge < -0.3 is 30.7 Å². The number of carbonyl (C=O) groups excluding carboxylic acids is 2. The highest BCUT2D eigenvalue weighted by molar-refractivity contribution is 5.99. The van der Waals surface area contributed by atoms with E-state index in [4.69, 9.17) is 5.73 Å². The molecule has 0 unspecified atom stereocenters. The van der Waals surface area contributed by atoms with Gasteiger partial charge in [0.1, 0.15) is 17.2 Å². The summed E-state index contributed by atoms with van der Waals surface area (Å²) in [5.41, 5.74) is -4.41. The Balaban J connectivity index is 2.86. The Kier molecular flexibility index (Phi) is 7.48. The van der Waals surface area contributed by atoms with E-state index >= 15 is 0 Å². The number of rotatable bonds is 6. The highest BCUT2D eigenvalue weighted by Gasteiger charge is 2.72. The van der Waals surface area contributed by atoms with Gasteiger partial charge in [-0.3, -0.25) is 0 Å². The van der Waals surface area contributed by atoms with Crippen LogP contribution in [-0.4, -0.2) is 48.7 Å². The molecule has 0 aliphatic carbocycles. The fourth-order valence-corrected chi connectivity index (χ4v) is 3.22. The van der Waals surface area contributed by atoms with Crippen LogP contribution >= 0.6 is 0 Å². The first-order chi connectivity index (χ1) is 16.1. The van der Waals surface area contributed by atoms with Crippen molar-refractivity contribution in [2.45, 2.75) is 17.8 Å². The second-order valence-electron chi connectivity index (χ2n) is 6.95. The molecule has 0 aliphatic rings. The lowest BCUT2D eigenvalue weighted by Crippen LogP contribution is -2.54. The van der Waals surface area contributed by atoms with Gasteiger partial charge in [-0.2, -0.15) is 26.3 Å². The molecule has 14 heteroatoms. The van der Waals surface area contributed by atoms with Crippen molar-refractivity contribution in [1.82, 2.24) is 0 Å². The van der Waals surface area contributed by atoms with Gasteiger partial charge in [0.25, 0.3) is 0 Å². The maximum atomic E-state index is 14.3. The second kappa shape index (κ2) is 9.64. The minimum atomic E-state index is -6.00. The molecule has 0 radical (unpaired) electrons. The number of hydrogen-bond acceptors (Lipinski definition) is 8. The molecule has 0 amide bonds. The lowest BCUT2D eigenvalue weighted by Gasteiger charge is -2.38. The fraction of sp³-hybridized carbons (Fsp3) is 0.238. The van der Waals surface area contributed by atoms with Crippen LogP contribution in [0.25, 0.3) is 0 Å². The topological polar surface area (TPSA) is 131 Å². The van der Waals surface area contributed by atoms with Gasteiger partial charge in [0.15, 0.2) is 0 Å². The van der Waals surface area contributed by atoms with Gasteiger partial charge in [-0.1, -0.05) is 12.1 Å². The number of ether oxygens (including phenoxy) is 2. The largest absolute Gasteiger partial charge is 0.506 e. The number of carbonyl (C=O) groups is 2. The molecular weight excluding hydrogens is 490 g/mol. The van der Waals surface area contributed by atoms with E-state index in [1.54, 1.807) is 0 Å². The van der Waals surface area contributed by atoms with E-state index in [-0.39, 0.29) is 0 Å². The van der Waals surface area contributed by atoms with E-state index in [0.717, 1.165) is 14.2 Å². The molecule has 0 aliphatic heterocycles. The summed E-state index contributed by atoms with van der Waals surface area (Å²) in [6, 6.07) is 2.52. The SMILES string of the molecule is COC(=O)/C=C(/Nc1cc(C(c2ccc(O)c(N)c2)(C(F)(F)F)C(F)(F)F)ccc1O)C(=O)OC. The van der Waals surface area contributed by atoms with E-state index in [0.29, 0.717) is 42.5 Å². The number of aromatic hydroxyl groups is 2. The Labute approximate surface area is 193 Å². The summed E-state index contributed by atoms with van der Waals surface area (Å²) in [7, 11) is 1.83. The zero-order valence-corrected chi connectivity index (χ0v) is 17.9. The molecule has 0 bridgehead atoms. The number of esters is 2. The van der Waals surface area contributed by atoms with Crippen LogP contribution in [0.4, 0.5) is 37.7 Å². The zero-order valence-electron chi connectivity index (χ0n) is 17.9. The molecule has 2 aromatic carbocycles. The summed E-state index contributed by atoms with van der Waals surface area (Å²) in [6.45, 7) is 0. The van der Waals surface area contributed by atoms with Crippen LogP contribution < -0.4 is 11.1 Å². The van der Waals surface area contributed by atoms with Crippen LogP contribution in [0, 0.1) is 0 Å². The van der Waals surface area contributed by atoms with Gasteiger partial charge in [-0.25, -0.2) is 9.59 Å². The third kappa shape index (κ3) is 5.05. The van der Waals surface area contributed by atoms with Crippen molar-refractivity contribution >= 4 is 23.3 Å². The van der Waals surface area contributed by atoms with Crippen molar-refractivity contribution in [1.29, 1.82) is 0 Å². The van der Waals surface area contributed by atoms with E-state index < -0.39 is 69.4 Å². The highest BCUT2D eigenvalue weighted by atomic mass is 19.4. The second-order valence-corrected chi connectivity index (χ2v) is 6.95. The maximum absolute atomic E-state index is 14.3. The monoisotopic (exact) mass is 508 g/mol. The molecule has 0 aromatic heterocycles. The number of nitrogen functional groups attached to an aromatic ring is 1. The summed E-state index contributed by atoms with van der Waals surface area (Å²) >= 11 is 0. The fourth-order valence-electron chi connectivity index (χ4n) is 3.22. The number of benzene rings is 2. The maximum Gasteiger partial charge on any atom is 0.411 e. The van der Waals surface area contributed by atoms with E-state index in [1.165, 1.54) is 0 Å². The van der Waals surface area contributed by atoms with E-state index in [2.05, 4.69) is 14.8 Å². The van der Waals surface area contributed by atoms with Gasteiger partial charge in [-0.15, -0.1) is 0 Å². The number of nitrogens with two attached hydrogens (primary N) is 1. The first kappa shape index (κ1) is 27.1. The average molecular weight is 508 g/mol. The standard InChI is InChI=1S/C21H18F6N2O6/c1-34-17(32)9-14(18(33)35-2)29-13-8-11(4-6-16(13)31)19(20(22,23)24,21(25,26)27)10-3-5-15(30)12(28)7-10/h3-9,29-31H,28H2,1-2H3/b14-9+. The van der Waals surface area contributed by atoms with Crippen LogP contribution in [0.15, 0.2) is 48.2 Å². The molecule has 8 nitrogen and oxygen atoms in total. The predicted molar refractivity (Wildman–Crippen MR) is 109 cm³/mol. The van der Waals surface area contributed by atoms with Crippen molar-refractivity contribution in [3.63, 3.8) is 0 Å². The summed E-state index contributed by atoms with van der Waals surface area (Å²) in [5.74, 6) is -3.97. The third-order valence-corrected chi connectivity index (χ3v) is 4.88. The molecule has 0 fully saturated rings. The Morgan fingerprint density at radius 1 is 0.886 bits per heavy atom. The summed E-state index contributed by atoms with van der Waals surface area (Å²) < 4.78 is 94.7. The smallest absolute Gasteiger partial charge is 0.411 e. The molecule has 190 valence electrons. The number of anilines is 2. The van der Waals surface area contributed by atoms with Crippen LogP contribution in [0.1, 0.15) is 11.1 Å². The number of halogens is 6. The third-order valence-electron chi connectivity index (χ3n) is 4.88. The Hall–Kier alpha value is -4.10. The number of nitrogens with one attached hydrogen (secondary N) is 1. The minimum absolute atomic E-state index is 0.299. The van der Waals surface area contributed by atoms with Crippen LogP contribution in [-0.2, 0) is 24.5 Å². The quantitative estimate of drug-likeness (QED) is 0.153. The average Bonchev–Trinajstić information content (AvgIpc) is 2.75. The van der Waals surface area contributed by atoms with Gasteiger partial charge in [0.2, 0.25) is 5.41 Å². The molecule has 2 rings (SSSR count). The molecule has 5 N–H and O–H groups in total. The van der Waals surface area contributed by atoms with Crippen LogP contribution in [0.5, 0.6) is 11.5 Å². The van der Waals surface area contributed by atoms with E-state index in [9.17, 15) is 46.1 Å². The van der Waals surface area contributed by atoms with Crippen LogP contribution in [0.2, 0.25) is 0 Å². The lowest BCUT2D eigenvalue weighted by molar-refractivity contribution is -0.288. The molecule has 35 heavy (non-hydrogen) atoms. The number of hydrogen-bond donors (Lipinski definition) is 4. The first-order valence-electron chi connectivity index (χ1n) is 9.31. The summed E-state index contributed by atoms with van der Waals surface area (Å²) in [6.07, 6.45) is -11.5. The number of methoxy groups -OCH3 is 2. The van der Waals surface area contributed by atoms with Crippen molar-refractivity contribution in [2.75, 3.05) is 25.3 Å². The van der Waals surface area contributed by atoms with E-state index in [1.807, 2.05) is 0 Å². The Bertz CT molecular complexity index is 1150. The number of phenolic OH excluding ortho intramolecular Hbond substituents is 2. The molecule has 0 spiro atoms. The normalized spacial score (nSPS) is 12.7.